The lowest BCUT2D eigenvalue weighted by Crippen LogP contribution is -2.51. The average molecular weight is 322 g/mol. The Morgan fingerprint density at radius 3 is 2.57 bits per heavy atom. The molecule has 2 saturated heterocycles. The van der Waals surface area contributed by atoms with Gasteiger partial charge in [-0.1, -0.05) is 5.16 Å². The Labute approximate surface area is 136 Å². The SMILES string of the molecule is Cc1noc(C)c1CN1CCN(C(=O)[C@@H]2CC[C@H](CN)O2)CC1. The second-order valence-electron chi connectivity index (χ2n) is 6.46. The van der Waals surface area contributed by atoms with E-state index in [4.69, 9.17) is 15.0 Å². The van der Waals surface area contributed by atoms with Crippen LogP contribution in [-0.4, -0.2) is 65.8 Å². The van der Waals surface area contributed by atoms with E-state index >= 15 is 0 Å². The summed E-state index contributed by atoms with van der Waals surface area (Å²) in [6, 6.07) is 0. The summed E-state index contributed by atoms with van der Waals surface area (Å²) in [5, 5.41) is 4.00. The molecule has 1 amide bonds. The number of hydrogen-bond donors (Lipinski definition) is 1. The Morgan fingerprint density at radius 2 is 2.00 bits per heavy atom. The molecule has 0 aliphatic carbocycles. The zero-order valence-electron chi connectivity index (χ0n) is 14.0. The molecule has 3 rings (SSSR count). The van der Waals surface area contributed by atoms with Crippen molar-refractivity contribution in [2.45, 2.75) is 45.4 Å². The molecule has 2 fully saturated rings. The third kappa shape index (κ3) is 3.57. The molecule has 2 aliphatic rings. The third-order valence-corrected chi connectivity index (χ3v) is 4.89. The minimum Gasteiger partial charge on any atom is -0.364 e. The molecule has 0 aromatic carbocycles. The van der Waals surface area contributed by atoms with Gasteiger partial charge >= 0.3 is 0 Å². The number of ether oxygens (including phenoxy) is 1. The van der Waals surface area contributed by atoms with Crippen molar-refractivity contribution < 1.29 is 14.1 Å². The third-order valence-electron chi connectivity index (χ3n) is 4.89. The maximum absolute atomic E-state index is 12.5. The molecular weight excluding hydrogens is 296 g/mol. The molecule has 1 aromatic rings. The number of hydrogen-bond acceptors (Lipinski definition) is 6. The van der Waals surface area contributed by atoms with Crippen LogP contribution in [0.2, 0.25) is 0 Å². The van der Waals surface area contributed by atoms with Crippen molar-refractivity contribution in [2.24, 2.45) is 5.73 Å². The van der Waals surface area contributed by atoms with Crippen molar-refractivity contribution in [3.8, 4) is 0 Å². The number of carbonyl (C=O) groups is 1. The molecule has 2 N–H and O–H groups in total. The summed E-state index contributed by atoms with van der Waals surface area (Å²) in [6.07, 6.45) is 1.43. The molecule has 3 heterocycles. The van der Waals surface area contributed by atoms with Gasteiger partial charge in [-0.15, -0.1) is 0 Å². The molecule has 23 heavy (non-hydrogen) atoms. The maximum atomic E-state index is 12.5. The molecule has 0 bridgehead atoms. The molecule has 1 aromatic heterocycles. The Bertz CT molecular complexity index is 532. The smallest absolute Gasteiger partial charge is 0.251 e. The molecule has 0 unspecified atom stereocenters. The highest BCUT2D eigenvalue weighted by Gasteiger charge is 2.34. The number of amides is 1. The van der Waals surface area contributed by atoms with Crippen molar-refractivity contribution in [2.75, 3.05) is 32.7 Å². The Morgan fingerprint density at radius 1 is 1.26 bits per heavy atom. The topological polar surface area (TPSA) is 84.8 Å². The van der Waals surface area contributed by atoms with E-state index in [-0.39, 0.29) is 18.1 Å². The van der Waals surface area contributed by atoms with Crippen LogP contribution in [0.1, 0.15) is 29.9 Å². The van der Waals surface area contributed by atoms with E-state index in [1.54, 1.807) is 0 Å². The van der Waals surface area contributed by atoms with Gasteiger partial charge in [0, 0.05) is 44.8 Å². The number of rotatable bonds is 4. The van der Waals surface area contributed by atoms with Gasteiger partial charge in [-0.2, -0.15) is 0 Å². The largest absolute Gasteiger partial charge is 0.364 e. The van der Waals surface area contributed by atoms with Gasteiger partial charge in [0.15, 0.2) is 0 Å². The van der Waals surface area contributed by atoms with Gasteiger partial charge in [0.05, 0.1) is 11.8 Å². The Balaban J connectivity index is 1.49. The first kappa shape index (κ1) is 16.4. The lowest BCUT2D eigenvalue weighted by molar-refractivity contribution is -0.144. The first-order valence-electron chi connectivity index (χ1n) is 8.37. The minimum absolute atomic E-state index is 0.0461. The Hall–Kier alpha value is -1.44. The van der Waals surface area contributed by atoms with Crippen LogP contribution in [0.3, 0.4) is 0 Å². The molecule has 2 aliphatic heterocycles. The van der Waals surface area contributed by atoms with E-state index in [1.165, 1.54) is 0 Å². The van der Waals surface area contributed by atoms with Crippen molar-refractivity contribution >= 4 is 5.91 Å². The lowest BCUT2D eigenvalue weighted by Gasteiger charge is -2.35. The zero-order chi connectivity index (χ0) is 16.4. The van der Waals surface area contributed by atoms with E-state index in [1.807, 2.05) is 18.7 Å². The zero-order valence-corrected chi connectivity index (χ0v) is 14.0. The van der Waals surface area contributed by atoms with E-state index in [0.717, 1.165) is 62.6 Å². The number of piperazine rings is 1. The fraction of sp³-hybridized carbons (Fsp3) is 0.750. The van der Waals surface area contributed by atoms with Gasteiger partial charge < -0.3 is 19.9 Å². The van der Waals surface area contributed by atoms with E-state index in [2.05, 4.69) is 10.1 Å². The van der Waals surface area contributed by atoms with Crippen LogP contribution in [0.15, 0.2) is 4.52 Å². The summed E-state index contributed by atoms with van der Waals surface area (Å²) in [5.41, 5.74) is 7.73. The van der Waals surface area contributed by atoms with Gasteiger partial charge in [0.2, 0.25) is 0 Å². The van der Waals surface area contributed by atoms with Gasteiger partial charge in [-0.3, -0.25) is 9.69 Å². The molecule has 128 valence electrons. The second-order valence-corrected chi connectivity index (χ2v) is 6.46. The normalized spacial score (nSPS) is 26.0. The van der Waals surface area contributed by atoms with Crippen molar-refractivity contribution in [3.63, 3.8) is 0 Å². The highest BCUT2D eigenvalue weighted by molar-refractivity contribution is 5.81. The standard InChI is InChI=1S/C16H26N4O3/c1-11-14(12(2)23-18-11)10-19-5-7-20(8-6-19)16(21)15-4-3-13(9-17)22-15/h13,15H,3-10,17H2,1-2H3/t13-,15+/m1/s1. The van der Waals surface area contributed by atoms with Gasteiger partial charge in [-0.05, 0) is 26.7 Å². The lowest BCUT2D eigenvalue weighted by atomic mass is 10.1. The van der Waals surface area contributed by atoms with E-state index in [0.29, 0.717) is 6.54 Å². The second kappa shape index (κ2) is 6.98. The number of carbonyl (C=O) groups excluding carboxylic acids is 1. The highest BCUT2D eigenvalue weighted by atomic mass is 16.5. The maximum Gasteiger partial charge on any atom is 0.251 e. The van der Waals surface area contributed by atoms with E-state index < -0.39 is 0 Å². The van der Waals surface area contributed by atoms with E-state index in [9.17, 15) is 4.79 Å². The molecule has 0 saturated carbocycles. The fourth-order valence-electron chi connectivity index (χ4n) is 3.34. The van der Waals surface area contributed by atoms with Crippen LogP contribution >= 0.6 is 0 Å². The van der Waals surface area contributed by atoms with Gasteiger partial charge in [0.25, 0.3) is 5.91 Å². The molecular formula is C16H26N4O3. The molecule has 7 heteroatoms. The summed E-state index contributed by atoms with van der Waals surface area (Å²) >= 11 is 0. The quantitative estimate of drug-likeness (QED) is 0.866. The van der Waals surface area contributed by atoms with Gasteiger partial charge in [-0.25, -0.2) is 0 Å². The average Bonchev–Trinajstić information content (AvgIpc) is 3.17. The summed E-state index contributed by atoms with van der Waals surface area (Å²) in [4.78, 5) is 16.8. The van der Waals surface area contributed by atoms with Crippen LogP contribution in [-0.2, 0) is 16.1 Å². The first-order chi connectivity index (χ1) is 11.1. The predicted molar refractivity (Wildman–Crippen MR) is 84.8 cm³/mol. The number of aryl methyl sites for hydroxylation is 2. The van der Waals surface area contributed by atoms with Crippen LogP contribution in [0.5, 0.6) is 0 Å². The van der Waals surface area contributed by atoms with Gasteiger partial charge in [0.1, 0.15) is 11.9 Å². The summed E-state index contributed by atoms with van der Waals surface area (Å²) in [5.74, 6) is 1.01. The predicted octanol–water partition coefficient (Wildman–Crippen LogP) is 0.442. The molecule has 2 atom stereocenters. The number of aromatic nitrogens is 1. The highest BCUT2D eigenvalue weighted by Crippen LogP contribution is 2.22. The van der Waals surface area contributed by atoms with Crippen LogP contribution in [0, 0.1) is 13.8 Å². The van der Waals surface area contributed by atoms with Crippen LogP contribution in [0.25, 0.3) is 0 Å². The number of nitrogens with two attached hydrogens (primary N) is 1. The minimum atomic E-state index is -0.294. The van der Waals surface area contributed by atoms with Crippen molar-refractivity contribution in [1.29, 1.82) is 0 Å². The summed E-state index contributed by atoms with van der Waals surface area (Å²) in [7, 11) is 0. The van der Waals surface area contributed by atoms with Crippen LogP contribution < -0.4 is 5.73 Å². The first-order valence-corrected chi connectivity index (χ1v) is 8.37. The summed E-state index contributed by atoms with van der Waals surface area (Å²) in [6.45, 7) is 8.46. The van der Waals surface area contributed by atoms with Crippen molar-refractivity contribution in [1.82, 2.24) is 15.0 Å². The monoisotopic (exact) mass is 322 g/mol. The number of nitrogens with zero attached hydrogens (tertiary/aromatic N) is 3. The summed E-state index contributed by atoms with van der Waals surface area (Å²) < 4.78 is 10.9. The molecule has 0 spiro atoms. The fourth-order valence-corrected chi connectivity index (χ4v) is 3.34. The van der Waals surface area contributed by atoms with Crippen molar-refractivity contribution in [3.05, 3.63) is 17.0 Å². The molecule has 7 nitrogen and oxygen atoms in total. The Kier molecular flexibility index (Phi) is 4.99. The van der Waals surface area contributed by atoms with Crippen LogP contribution in [0.4, 0.5) is 0 Å². The molecule has 0 radical (unpaired) electrons.